The van der Waals surface area contributed by atoms with Crippen molar-refractivity contribution >= 4 is 5.91 Å². The van der Waals surface area contributed by atoms with E-state index in [1.807, 2.05) is 31.2 Å². The highest BCUT2D eigenvalue weighted by Crippen LogP contribution is 2.31. The van der Waals surface area contributed by atoms with E-state index < -0.39 is 0 Å². The van der Waals surface area contributed by atoms with E-state index >= 15 is 0 Å². The molecule has 2 aromatic carbocycles. The Morgan fingerprint density at radius 3 is 2.57 bits per heavy atom. The molecule has 0 radical (unpaired) electrons. The largest absolute Gasteiger partial charge is 0.497 e. The van der Waals surface area contributed by atoms with Gasteiger partial charge in [-0.25, -0.2) is 0 Å². The first-order valence-corrected chi connectivity index (χ1v) is 7.51. The molecule has 1 aliphatic rings. The molecule has 5 heteroatoms. The number of hydrogen-bond acceptors (Lipinski definition) is 4. The SMILES string of the molecule is COc1ccc(C(=O)NC(C)C2COc3ccccc3O2)cc1. The van der Waals surface area contributed by atoms with Crippen LogP contribution in [0.15, 0.2) is 48.5 Å². The van der Waals surface area contributed by atoms with Gasteiger partial charge in [0.15, 0.2) is 17.6 Å². The average Bonchev–Trinajstić information content (AvgIpc) is 2.61. The Hall–Kier alpha value is -2.69. The Balaban J connectivity index is 1.62. The van der Waals surface area contributed by atoms with Crippen molar-refractivity contribution in [3.63, 3.8) is 0 Å². The van der Waals surface area contributed by atoms with Gasteiger partial charge < -0.3 is 19.5 Å². The summed E-state index contributed by atoms with van der Waals surface area (Å²) >= 11 is 0. The summed E-state index contributed by atoms with van der Waals surface area (Å²) in [5.41, 5.74) is 0.578. The van der Waals surface area contributed by atoms with Crippen LogP contribution in [-0.2, 0) is 0 Å². The van der Waals surface area contributed by atoms with E-state index in [0.717, 1.165) is 11.5 Å². The summed E-state index contributed by atoms with van der Waals surface area (Å²) < 4.78 is 16.7. The van der Waals surface area contributed by atoms with Crippen LogP contribution < -0.4 is 19.5 Å². The summed E-state index contributed by atoms with van der Waals surface area (Å²) in [5, 5.41) is 2.95. The van der Waals surface area contributed by atoms with Crippen LogP contribution in [0.2, 0.25) is 0 Å². The van der Waals surface area contributed by atoms with Crippen LogP contribution in [-0.4, -0.2) is 31.8 Å². The Labute approximate surface area is 135 Å². The molecule has 5 nitrogen and oxygen atoms in total. The minimum atomic E-state index is -0.230. The van der Waals surface area contributed by atoms with Crippen LogP contribution in [0.5, 0.6) is 17.2 Å². The average molecular weight is 313 g/mol. The van der Waals surface area contributed by atoms with Crippen LogP contribution in [0.3, 0.4) is 0 Å². The molecule has 0 aromatic heterocycles. The van der Waals surface area contributed by atoms with Crippen molar-refractivity contribution in [2.75, 3.05) is 13.7 Å². The fraction of sp³-hybridized carbons (Fsp3) is 0.278. The number of fused-ring (bicyclic) bond motifs is 1. The maximum atomic E-state index is 12.3. The molecular formula is C18H19NO4. The number of carbonyl (C=O) groups is 1. The number of ether oxygens (including phenoxy) is 3. The van der Waals surface area contributed by atoms with E-state index in [9.17, 15) is 4.79 Å². The molecule has 0 bridgehead atoms. The highest BCUT2D eigenvalue weighted by molar-refractivity contribution is 5.94. The van der Waals surface area contributed by atoms with Crippen molar-refractivity contribution in [3.8, 4) is 17.2 Å². The molecule has 0 fully saturated rings. The zero-order valence-corrected chi connectivity index (χ0v) is 13.1. The number of methoxy groups -OCH3 is 1. The molecule has 120 valence electrons. The Morgan fingerprint density at radius 1 is 1.17 bits per heavy atom. The van der Waals surface area contributed by atoms with E-state index in [4.69, 9.17) is 14.2 Å². The summed E-state index contributed by atoms with van der Waals surface area (Å²) in [6, 6.07) is 14.3. The number of nitrogens with one attached hydrogen (secondary N) is 1. The molecule has 1 N–H and O–H groups in total. The van der Waals surface area contributed by atoms with Crippen molar-refractivity contribution in [1.29, 1.82) is 0 Å². The van der Waals surface area contributed by atoms with Gasteiger partial charge in [0.1, 0.15) is 12.4 Å². The number of amides is 1. The van der Waals surface area contributed by atoms with Gasteiger partial charge in [0.25, 0.3) is 5.91 Å². The van der Waals surface area contributed by atoms with Crippen LogP contribution in [0.4, 0.5) is 0 Å². The molecule has 23 heavy (non-hydrogen) atoms. The van der Waals surface area contributed by atoms with Gasteiger partial charge in [-0.2, -0.15) is 0 Å². The minimum Gasteiger partial charge on any atom is -0.497 e. The van der Waals surface area contributed by atoms with Crippen molar-refractivity contribution in [2.45, 2.75) is 19.1 Å². The molecule has 2 aromatic rings. The number of hydrogen-bond donors (Lipinski definition) is 1. The first-order chi connectivity index (χ1) is 11.2. The van der Waals surface area contributed by atoms with Gasteiger partial charge in [0.2, 0.25) is 0 Å². The summed E-state index contributed by atoms with van der Waals surface area (Å²) in [6.45, 7) is 2.31. The minimum absolute atomic E-state index is 0.150. The number of benzene rings is 2. The molecule has 2 atom stereocenters. The van der Waals surface area contributed by atoms with E-state index in [1.54, 1.807) is 31.4 Å². The van der Waals surface area contributed by atoms with Crippen LogP contribution in [0.25, 0.3) is 0 Å². The van der Waals surface area contributed by atoms with Gasteiger partial charge >= 0.3 is 0 Å². The Kier molecular flexibility index (Phi) is 4.37. The monoisotopic (exact) mass is 313 g/mol. The lowest BCUT2D eigenvalue weighted by Crippen LogP contribution is -2.48. The van der Waals surface area contributed by atoms with Gasteiger partial charge in [-0.15, -0.1) is 0 Å². The lowest BCUT2D eigenvalue weighted by molar-refractivity contribution is 0.0606. The summed E-state index contributed by atoms with van der Waals surface area (Å²) in [4.78, 5) is 12.3. The van der Waals surface area contributed by atoms with Gasteiger partial charge in [-0.1, -0.05) is 12.1 Å². The van der Waals surface area contributed by atoms with E-state index in [-0.39, 0.29) is 18.1 Å². The molecule has 2 unspecified atom stereocenters. The third-order valence-corrected chi connectivity index (χ3v) is 3.80. The van der Waals surface area contributed by atoms with Crippen LogP contribution in [0.1, 0.15) is 17.3 Å². The number of para-hydroxylation sites is 2. The van der Waals surface area contributed by atoms with Crippen molar-refractivity contribution in [3.05, 3.63) is 54.1 Å². The highest BCUT2D eigenvalue weighted by atomic mass is 16.6. The molecular weight excluding hydrogens is 294 g/mol. The normalized spacial score (nSPS) is 17.2. The molecule has 3 rings (SSSR count). The second-order valence-corrected chi connectivity index (χ2v) is 5.40. The standard InChI is InChI=1S/C18H19NO4/c1-12(17-11-22-15-5-3-4-6-16(15)23-17)19-18(20)13-7-9-14(21-2)10-8-13/h3-10,12,17H,11H2,1-2H3,(H,19,20). The predicted molar refractivity (Wildman–Crippen MR) is 86.3 cm³/mol. The Morgan fingerprint density at radius 2 is 1.87 bits per heavy atom. The molecule has 0 aliphatic carbocycles. The molecule has 0 saturated heterocycles. The predicted octanol–water partition coefficient (Wildman–Crippen LogP) is 2.65. The summed E-state index contributed by atoms with van der Waals surface area (Å²) in [6.07, 6.45) is -0.230. The molecule has 0 spiro atoms. The third-order valence-electron chi connectivity index (χ3n) is 3.80. The van der Waals surface area contributed by atoms with Crippen molar-refractivity contribution in [1.82, 2.24) is 5.32 Å². The second-order valence-electron chi connectivity index (χ2n) is 5.40. The highest BCUT2D eigenvalue weighted by Gasteiger charge is 2.27. The molecule has 0 saturated carbocycles. The topological polar surface area (TPSA) is 56.8 Å². The van der Waals surface area contributed by atoms with Crippen LogP contribution >= 0.6 is 0 Å². The van der Waals surface area contributed by atoms with E-state index in [1.165, 1.54) is 0 Å². The first-order valence-electron chi connectivity index (χ1n) is 7.51. The maximum absolute atomic E-state index is 12.3. The lowest BCUT2D eigenvalue weighted by Gasteiger charge is -2.30. The van der Waals surface area contributed by atoms with Crippen LogP contribution in [0, 0.1) is 0 Å². The molecule has 1 aliphatic heterocycles. The zero-order chi connectivity index (χ0) is 16.2. The fourth-order valence-corrected chi connectivity index (χ4v) is 2.41. The van der Waals surface area contributed by atoms with Crippen molar-refractivity contribution in [2.24, 2.45) is 0 Å². The van der Waals surface area contributed by atoms with Gasteiger partial charge in [0, 0.05) is 5.56 Å². The number of rotatable bonds is 4. The van der Waals surface area contributed by atoms with Gasteiger partial charge in [-0.3, -0.25) is 4.79 Å². The fourth-order valence-electron chi connectivity index (χ4n) is 2.41. The molecule has 1 amide bonds. The first kappa shape index (κ1) is 15.2. The quantitative estimate of drug-likeness (QED) is 0.943. The van der Waals surface area contributed by atoms with Crippen molar-refractivity contribution < 1.29 is 19.0 Å². The lowest BCUT2D eigenvalue weighted by atomic mass is 10.1. The van der Waals surface area contributed by atoms with E-state index in [2.05, 4.69) is 5.32 Å². The Bertz CT molecular complexity index is 684. The van der Waals surface area contributed by atoms with Gasteiger partial charge in [-0.05, 0) is 43.3 Å². The molecule has 1 heterocycles. The number of carbonyl (C=O) groups excluding carboxylic acids is 1. The third kappa shape index (κ3) is 3.39. The second kappa shape index (κ2) is 6.60. The smallest absolute Gasteiger partial charge is 0.251 e. The maximum Gasteiger partial charge on any atom is 0.251 e. The van der Waals surface area contributed by atoms with E-state index in [0.29, 0.717) is 17.9 Å². The zero-order valence-electron chi connectivity index (χ0n) is 13.1. The van der Waals surface area contributed by atoms with Gasteiger partial charge in [0.05, 0.1) is 13.2 Å². The summed E-state index contributed by atoms with van der Waals surface area (Å²) in [7, 11) is 1.59. The summed E-state index contributed by atoms with van der Waals surface area (Å²) in [5.74, 6) is 2.00.